The molecule has 2 aromatic carbocycles. The molecule has 8 heteroatoms. The molecule has 3 atom stereocenters. The summed E-state index contributed by atoms with van der Waals surface area (Å²) in [6.07, 6.45) is 1.64. The van der Waals surface area contributed by atoms with E-state index in [-0.39, 0.29) is 37.5 Å². The second-order valence-corrected chi connectivity index (χ2v) is 8.88. The number of nitrogens with one attached hydrogen (secondary N) is 2. The van der Waals surface area contributed by atoms with E-state index in [0.29, 0.717) is 6.42 Å². The van der Waals surface area contributed by atoms with Gasteiger partial charge in [-0.1, -0.05) is 55.0 Å². The SMILES string of the molecule is COCC(NC(=O)OCC1c2ccccc2-c2ccccc21)C(=O)N[C@@H]1CCC[C@H]1CC(=O)O. The van der Waals surface area contributed by atoms with Crippen LogP contribution in [0.2, 0.25) is 0 Å². The lowest BCUT2D eigenvalue weighted by atomic mass is 9.98. The monoisotopic (exact) mass is 466 g/mol. The third-order valence-electron chi connectivity index (χ3n) is 6.71. The van der Waals surface area contributed by atoms with Crippen molar-refractivity contribution in [2.45, 2.75) is 43.7 Å². The summed E-state index contributed by atoms with van der Waals surface area (Å²) < 4.78 is 10.7. The molecule has 1 unspecified atom stereocenters. The maximum Gasteiger partial charge on any atom is 0.407 e. The molecule has 4 rings (SSSR count). The fourth-order valence-electron chi connectivity index (χ4n) is 5.11. The Kier molecular flexibility index (Phi) is 7.47. The summed E-state index contributed by atoms with van der Waals surface area (Å²) in [4.78, 5) is 36.5. The molecule has 34 heavy (non-hydrogen) atoms. The molecular weight excluding hydrogens is 436 g/mol. The molecule has 1 saturated carbocycles. The van der Waals surface area contributed by atoms with Crippen LogP contribution in [0.1, 0.15) is 42.7 Å². The summed E-state index contributed by atoms with van der Waals surface area (Å²) in [5.74, 6) is -1.48. The van der Waals surface area contributed by atoms with Crippen LogP contribution in [0.25, 0.3) is 11.1 Å². The van der Waals surface area contributed by atoms with Gasteiger partial charge in [0, 0.05) is 19.1 Å². The second kappa shape index (κ2) is 10.7. The van der Waals surface area contributed by atoms with Crippen molar-refractivity contribution in [2.75, 3.05) is 20.3 Å². The van der Waals surface area contributed by atoms with E-state index < -0.39 is 24.0 Å². The summed E-state index contributed by atoms with van der Waals surface area (Å²) in [5, 5.41) is 14.6. The number of alkyl carbamates (subject to hydrolysis) is 1. The van der Waals surface area contributed by atoms with E-state index in [1.165, 1.54) is 7.11 Å². The smallest absolute Gasteiger partial charge is 0.407 e. The number of carboxylic acid groups (broad SMARTS) is 1. The Morgan fingerprint density at radius 1 is 1.03 bits per heavy atom. The Morgan fingerprint density at radius 3 is 2.29 bits per heavy atom. The van der Waals surface area contributed by atoms with Crippen molar-refractivity contribution in [1.29, 1.82) is 0 Å². The number of carbonyl (C=O) groups excluding carboxylic acids is 2. The third-order valence-corrected chi connectivity index (χ3v) is 6.71. The lowest BCUT2D eigenvalue weighted by Gasteiger charge is -2.24. The zero-order valence-corrected chi connectivity index (χ0v) is 19.2. The molecule has 1 fully saturated rings. The van der Waals surface area contributed by atoms with Crippen molar-refractivity contribution in [2.24, 2.45) is 5.92 Å². The molecule has 0 spiro atoms. The maximum atomic E-state index is 12.8. The van der Waals surface area contributed by atoms with Gasteiger partial charge in [0.1, 0.15) is 12.6 Å². The summed E-state index contributed by atoms with van der Waals surface area (Å²) in [6.45, 7) is 0.122. The van der Waals surface area contributed by atoms with Gasteiger partial charge in [0.05, 0.1) is 13.0 Å². The number of carboxylic acids is 1. The van der Waals surface area contributed by atoms with Crippen LogP contribution in [-0.4, -0.2) is 55.5 Å². The van der Waals surface area contributed by atoms with Crippen LogP contribution in [0, 0.1) is 5.92 Å². The summed E-state index contributed by atoms with van der Waals surface area (Å²) in [6, 6.07) is 15.0. The molecule has 0 saturated heterocycles. The molecule has 0 bridgehead atoms. The Balaban J connectivity index is 1.36. The first-order chi connectivity index (χ1) is 16.5. The largest absolute Gasteiger partial charge is 0.481 e. The van der Waals surface area contributed by atoms with Crippen LogP contribution in [-0.2, 0) is 19.1 Å². The molecule has 2 amide bonds. The highest BCUT2D eigenvalue weighted by atomic mass is 16.5. The maximum absolute atomic E-state index is 12.8. The van der Waals surface area contributed by atoms with Crippen molar-refractivity contribution in [3.8, 4) is 11.1 Å². The number of aliphatic carboxylic acids is 1. The van der Waals surface area contributed by atoms with Gasteiger partial charge in [-0.3, -0.25) is 9.59 Å². The Hall–Kier alpha value is -3.39. The number of amides is 2. The zero-order valence-electron chi connectivity index (χ0n) is 19.2. The number of methoxy groups -OCH3 is 1. The molecular formula is C26H30N2O6. The van der Waals surface area contributed by atoms with E-state index >= 15 is 0 Å². The quantitative estimate of drug-likeness (QED) is 0.523. The van der Waals surface area contributed by atoms with Crippen molar-refractivity contribution < 1.29 is 29.0 Å². The Bertz CT molecular complexity index is 1010. The van der Waals surface area contributed by atoms with Gasteiger partial charge < -0.3 is 25.2 Å². The number of hydrogen-bond acceptors (Lipinski definition) is 5. The molecule has 180 valence electrons. The highest BCUT2D eigenvalue weighted by Gasteiger charge is 2.33. The molecule has 0 heterocycles. The highest BCUT2D eigenvalue weighted by molar-refractivity contribution is 5.86. The van der Waals surface area contributed by atoms with Crippen LogP contribution >= 0.6 is 0 Å². The van der Waals surface area contributed by atoms with Crippen LogP contribution < -0.4 is 10.6 Å². The highest BCUT2D eigenvalue weighted by Crippen LogP contribution is 2.44. The van der Waals surface area contributed by atoms with E-state index in [2.05, 4.69) is 22.8 Å². The van der Waals surface area contributed by atoms with Crippen LogP contribution in [0.5, 0.6) is 0 Å². The van der Waals surface area contributed by atoms with Gasteiger partial charge in [0.2, 0.25) is 5.91 Å². The number of ether oxygens (including phenoxy) is 2. The average Bonchev–Trinajstić information content (AvgIpc) is 3.38. The van der Waals surface area contributed by atoms with Gasteiger partial charge in [0.25, 0.3) is 0 Å². The number of carbonyl (C=O) groups is 3. The van der Waals surface area contributed by atoms with Crippen LogP contribution in [0.4, 0.5) is 4.79 Å². The third kappa shape index (κ3) is 5.22. The van der Waals surface area contributed by atoms with Gasteiger partial charge >= 0.3 is 12.1 Å². The first-order valence-electron chi connectivity index (χ1n) is 11.6. The van der Waals surface area contributed by atoms with Crippen LogP contribution in [0.3, 0.4) is 0 Å². The van der Waals surface area contributed by atoms with Gasteiger partial charge in [-0.15, -0.1) is 0 Å². The molecule has 0 radical (unpaired) electrons. The number of benzene rings is 2. The van der Waals surface area contributed by atoms with E-state index in [9.17, 15) is 14.4 Å². The zero-order chi connectivity index (χ0) is 24.1. The van der Waals surface area contributed by atoms with Gasteiger partial charge in [0.15, 0.2) is 0 Å². The molecule has 0 aliphatic heterocycles. The molecule has 2 aliphatic carbocycles. The van der Waals surface area contributed by atoms with E-state index in [1.807, 2.05) is 36.4 Å². The standard InChI is InChI=1S/C26H30N2O6/c1-33-15-23(25(31)27-22-12-6-7-16(22)13-24(29)30)28-26(32)34-14-21-19-10-4-2-8-17(19)18-9-3-5-11-20(18)21/h2-5,8-11,16,21-23H,6-7,12-15H2,1H3,(H,27,31)(H,28,32)(H,29,30)/t16-,22+,23?/m0/s1. The number of rotatable bonds is 9. The molecule has 8 nitrogen and oxygen atoms in total. The van der Waals surface area contributed by atoms with Crippen molar-refractivity contribution in [3.63, 3.8) is 0 Å². The molecule has 2 aliphatic rings. The average molecular weight is 467 g/mol. The van der Waals surface area contributed by atoms with Gasteiger partial charge in [-0.05, 0) is 41.0 Å². The number of hydrogen-bond donors (Lipinski definition) is 3. The fourth-order valence-corrected chi connectivity index (χ4v) is 5.11. The minimum Gasteiger partial charge on any atom is -0.481 e. The van der Waals surface area contributed by atoms with Gasteiger partial charge in [-0.25, -0.2) is 4.79 Å². The Morgan fingerprint density at radius 2 is 1.68 bits per heavy atom. The fraction of sp³-hybridized carbons (Fsp3) is 0.423. The van der Waals surface area contributed by atoms with Crippen LogP contribution in [0.15, 0.2) is 48.5 Å². The summed E-state index contributed by atoms with van der Waals surface area (Å²) >= 11 is 0. The minimum atomic E-state index is -0.938. The summed E-state index contributed by atoms with van der Waals surface area (Å²) in [5.41, 5.74) is 4.48. The lowest BCUT2D eigenvalue weighted by Crippen LogP contribution is -2.52. The van der Waals surface area contributed by atoms with Crippen molar-refractivity contribution in [3.05, 3.63) is 59.7 Å². The number of fused-ring (bicyclic) bond motifs is 3. The topological polar surface area (TPSA) is 114 Å². The predicted octanol–water partition coefficient (Wildman–Crippen LogP) is 3.30. The van der Waals surface area contributed by atoms with Gasteiger partial charge in [-0.2, -0.15) is 0 Å². The normalized spacial score (nSPS) is 19.7. The van der Waals surface area contributed by atoms with E-state index in [1.54, 1.807) is 0 Å². The van der Waals surface area contributed by atoms with Crippen molar-refractivity contribution in [1.82, 2.24) is 10.6 Å². The second-order valence-electron chi connectivity index (χ2n) is 8.88. The molecule has 3 N–H and O–H groups in total. The first kappa shape index (κ1) is 23.8. The molecule has 0 aromatic heterocycles. The van der Waals surface area contributed by atoms with E-state index in [0.717, 1.165) is 35.1 Å². The minimum absolute atomic E-state index is 0.0136. The van der Waals surface area contributed by atoms with Crippen molar-refractivity contribution >= 4 is 18.0 Å². The predicted molar refractivity (Wildman–Crippen MR) is 125 cm³/mol. The first-order valence-corrected chi connectivity index (χ1v) is 11.6. The molecule has 2 aromatic rings. The Labute approximate surface area is 198 Å². The summed E-state index contributed by atoms with van der Waals surface area (Å²) in [7, 11) is 1.45. The van der Waals surface area contributed by atoms with E-state index in [4.69, 9.17) is 14.6 Å². The lowest BCUT2D eigenvalue weighted by molar-refractivity contribution is -0.138.